The highest BCUT2D eigenvalue weighted by atomic mass is 15.2. The average molecular weight is 242 g/mol. The van der Waals surface area contributed by atoms with Crippen molar-refractivity contribution < 1.29 is 0 Å². The fraction of sp³-hybridized carbons (Fsp3) is 0.286. The first-order valence-electron chi connectivity index (χ1n) is 5.97. The largest absolute Gasteiger partial charge is 0.354 e. The van der Waals surface area contributed by atoms with Crippen LogP contribution in [-0.4, -0.2) is 17.0 Å². The van der Waals surface area contributed by atoms with Gasteiger partial charge in [0.2, 0.25) is 0 Å². The Bertz CT molecular complexity index is 510. The van der Waals surface area contributed by atoms with Crippen molar-refractivity contribution in [2.24, 2.45) is 5.73 Å². The Kier molecular flexibility index (Phi) is 3.89. The van der Waals surface area contributed by atoms with E-state index in [2.05, 4.69) is 14.9 Å². The van der Waals surface area contributed by atoms with E-state index < -0.39 is 0 Å². The molecule has 4 nitrogen and oxygen atoms in total. The lowest BCUT2D eigenvalue weighted by Gasteiger charge is -2.19. The maximum atomic E-state index is 5.68. The Balaban J connectivity index is 2.18. The van der Waals surface area contributed by atoms with Crippen LogP contribution in [-0.2, 0) is 13.1 Å². The fourth-order valence-corrected chi connectivity index (χ4v) is 1.85. The first kappa shape index (κ1) is 12.5. The van der Waals surface area contributed by atoms with Gasteiger partial charge in [0.05, 0.1) is 12.2 Å². The van der Waals surface area contributed by atoms with Gasteiger partial charge in [-0.05, 0) is 36.8 Å². The van der Waals surface area contributed by atoms with Crippen molar-refractivity contribution >= 4 is 5.82 Å². The molecular formula is C14H18N4. The summed E-state index contributed by atoms with van der Waals surface area (Å²) >= 11 is 0. The smallest absolute Gasteiger partial charge is 0.129 e. The number of hydrogen-bond donors (Lipinski definition) is 1. The molecule has 2 N–H and O–H groups in total. The van der Waals surface area contributed by atoms with Crippen molar-refractivity contribution in [1.82, 2.24) is 9.97 Å². The molecule has 2 heterocycles. The van der Waals surface area contributed by atoms with Gasteiger partial charge in [0, 0.05) is 25.5 Å². The van der Waals surface area contributed by atoms with Gasteiger partial charge in [0.25, 0.3) is 0 Å². The number of rotatable bonds is 4. The number of aryl methyl sites for hydroxylation is 1. The molecule has 0 saturated carbocycles. The fourth-order valence-electron chi connectivity index (χ4n) is 1.85. The summed E-state index contributed by atoms with van der Waals surface area (Å²) in [6, 6.07) is 9.95. The lowest BCUT2D eigenvalue weighted by Crippen LogP contribution is -2.19. The number of pyridine rings is 2. The number of anilines is 1. The second-order valence-electron chi connectivity index (χ2n) is 4.36. The van der Waals surface area contributed by atoms with Crippen molar-refractivity contribution in [3.8, 4) is 0 Å². The van der Waals surface area contributed by atoms with E-state index in [1.54, 1.807) is 6.20 Å². The van der Waals surface area contributed by atoms with Gasteiger partial charge in [-0.1, -0.05) is 6.07 Å². The third-order valence-corrected chi connectivity index (χ3v) is 2.75. The standard InChI is InChI=1S/C14H18N4/c1-11-7-12(9-15)8-14(17-11)18(2)10-13-5-3-4-6-16-13/h3-8H,9-10,15H2,1-2H3. The van der Waals surface area contributed by atoms with Crippen LogP contribution in [0.25, 0.3) is 0 Å². The lowest BCUT2D eigenvalue weighted by molar-refractivity contribution is 0.857. The molecule has 0 unspecified atom stereocenters. The zero-order valence-electron chi connectivity index (χ0n) is 10.8. The van der Waals surface area contributed by atoms with Gasteiger partial charge in [0.15, 0.2) is 0 Å². The molecule has 0 aromatic carbocycles. The topological polar surface area (TPSA) is 55.0 Å². The lowest BCUT2D eigenvalue weighted by atomic mass is 10.2. The van der Waals surface area contributed by atoms with Crippen LogP contribution in [0, 0.1) is 6.92 Å². The van der Waals surface area contributed by atoms with Gasteiger partial charge in [-0.3, -0.25) is 4.98 Å². The molecule has 0 bridgehead atoms. The van der Waals surface area contributed by atoms with Crippen LogP contribution in [0.1, 0.15) is 17.0 Å². The second kappa shape index (κ2) is 5.60. The minimum atomic E-state index is 0.536. The quantitative estimate of drug-likeness (QED) is 0.889. The highest BCUT2D eigenvalue weighted by Crippen LogP contribution is 2.15. The summed E-state index contributed by atoms with van der Waals surface area (Å²) in [7, 11) is 2.01. The molecular weight excluding hydrogens is 224 g/mol. The molecule has 0 atom stereocenters. The van der Waals surface area contributed by atoms with Crippen molar-refractivity contribution in [1.29, 1.82) is 0 Å². The van der Waals surface area contributed by atoms with Crippen LogP contribution in [0.3, 0.4) is 0 Å². The van der Waals surface area contributed by atoms with E-state index in [0.29, 0.717) is 6.54 Å². The third kappa shape index (κ3) is 3.05. The first-order chi connectivity index (χ1) is 8.69. The number of nitrogens with zero attached hydrogens (tertiary/aromatic N) is 3. The predicted molar refractivity (Wildman–Crippen MR) is 73.2 cm³/mol. The van der Waals surface area contributed by atoms with Crippen molar-refractivity contribution in [2.45, 2.75) is 20.0 Å². The average Bonchev–Trinajstić information content (AvgIpc) is 2.39. The molecule has 2 rings (SSSR count). The van der Waals surface area contributed by atoms with Gasteiger partial charge in [-0.15, -0.1) is 0 Å². The van der Waals surface area contributed by atoms with E-state index >= 15 is 0 Å². The molecule has 0 aliphatic rings. The van der Waals surface area contributed by atoms with Gasteiger partial charge in [0.1, 0.15) is 5.82 Å². The van der Waals surface area contributed by atoms with Crippen LogP contribution in [0.4, 0.5) is 5.82 Å². The second-order valence-corrected chi connectivity index (χ2v) is 4.36. The zero-order chi connectivity index (χ0) is 13.0. The summed E-state index contributed by atoms with van der Waals surface area (Å²) in [6.07, 6.45) is 1.80. The molecule has 0 fully saturated rings. The normalized spacial score (nSPS) is 10.4. The summed E-state index contributed by atoms with van der Waals surface area (Å²) in [5, 5.41) is 0. The van der Waals surface area contributed by atoms with E-state index in [-0.39, 0.29) is 0 Å². The molecule has 2 aromatic rings. The number of hydrogen-bond acceptors (Lipinski definition) is 4. The Morgan fingerprint density at radius 1 is 1.28 bits per heavy atom. The molecule has 94 valence electrons. The Labute approximate surface area is 107 Å². The van der Waals surface area contributed by atoms with Gasteiger partial charge in [-0.2, -0.15) is 0 Å². The van der Waals surface area contributed by atoms with E-state index in [0.717, 1.165) is 29.3 Å². The summed E-state index contributed by atoms with van der Waals surface area (Å²) < 4.78 is 0. The van der Waals surface area contributed by atoms with Crippen LogP contribution < -0.4 is 10.6 Å². The van der Waals surface area contributed by atoms with Crippen LogP contribution in [0.5, 0.6) is 0 Å². The van der Waals surface area contributed by atoms with E-state index in [1.807, 2.05) is 44.3 Å². The van der Waals surface area contributed by atoms with E-state index in [1.165, 1.54) is 0 Å². The number of nitrogens with two attached hydrogens (primary N) is 1. The minimum absolute atomic E-state index is 0.536. The molecule has 0 spiro atoms. The first-order valence-corrected chi connectivity index (χ1v) is 5.97. The summed E-state index contributed by atoms with van der Waals surface area (Å²) in [5.74, 6) is 0.932. The SMILES string of the molecule is Cc1cc(CN)cc(N(C)Cc2ccccn2)n1. The Morgan fingerprint density at radius 2 is 2.11 bits per heavy atom. The van der Waals surface area contributed by atoms with Crippen LogP contribution in [0.15, 0.2) is 36.5 Å². The van der Waals surface area contributed by atoms with Gasteiger partial charge < -0.3 is 10.6 Å². The van der Waals surface area contributed by atoms with Crippen LogP contribution >= 0.6 is 0 Å². The maximum absolute atomic E-state index is 5.68. The zero-order valence-corrected chi connectivity index (χ0v) is 10.8. The predicted octanol–water partition coefficient (Wildman–Crippen LogP) is 1.88. The molecule has 18 heavy (non-hydrogen) atoms. The molecule has 0 radical (unpaired) electrons. The summed E-state index contributed by atoms with van der Waals surface area (Å²) in [4.78, 5) is 10.9. The highest BCUT2D eigenvalue weighted by molar-refractivity contribution is 5.42. The van der Waals surface area contributed by atoms with Crippen molar-refractivity contribution in [3.63, 3.8) is 0 Å². The van der Waals surface area contributed by atoms with Gasteiger partial charge >= 0.3 is 0 Å². The Hall–Kier alpha value is -1.94. The molecule has 0 saturated heterocycles. The third-order valence-electron chi connectivity index (χ3n) is 2.75. The van der Waals surface area contributed by atoms with Crippen molar-refractivity contribution in [2.75, 3.05) is 11.9 Å². The molecule has 0 amide bonds. The molecule has 2 aromatic heterocycles. The minimum Gasteiger partial charge on any atom is -0.354 e. The number of aromatic nitrogens is 2. The maximum Gasteiger partial charge on any atom is 0.129 e. The summed E-state index contributed by atoms with van der Waals surface area (Å²) in [6.45, 7) is 3.26. The van der Waals surface area contributed by atoms with E-state index in [9.17, 15) is 0 Å². The van der Waals surface area contributed by atoms with Gasteiger partial charge in [-0.25, -0.2) is 4.98 Å². The summed E-state index contributed by atoms with van der Waals surface area (Å²) in [5.41, 5.74) is 8.80. The molecule has 0 aliphatic carbocycles. The monoisotopic (exact) mass is 242 g/mol. The van der Waals surface area contributed by atoms with Crippen LogP contribution in [0.2, 0.25) is 0 Å². The highest BCUT2D eigenvalue weighted by Gasteiger charge is 2.06. The van der Waals surface area contributed by atoms with E-state index in [4.69, 9.17) is 5.73 Å². The van der Waals surface area contributed by atoms with Crippen molar-refractivity contribution in [3.05, 3.63) is 53.5 Å². The Morgan fingerprint density at radius 3 is 2.78 bits per heavy atom. The molecule has 0 aliphatic heterocycles. The molecule has 4 heteroatoms.